The minimum absolute atomic E-state index is 0.0748. The van der Waals surface area contributed by atoms with E-state index in [1.165, 1.54) is 40.8 Å². The number of aromatic nitrogens is 3. The second kappa shape index (κ2) is 14.2. The SMILES string of the molecule is CCc1ccccc1N1/C(=N/C(=O)NC(C)CCc2ccc(-c3ncn(-c4ccc(OC(F)(F)F)cc4)n3)cc2)SCCC1C. The molecule has 236 valence electrons. The molecule has 2 heterocycles. The number of urea groups is 1. The fourth-order valence-corrected chi connectivity index (χ4v) is 6.31. The first-order valence-corrected chi connectivity index (χ1v) is 15.8. The predicted octanol–water partition coefficient (Wildman–Crippen LogP) is 7.81. The first-order chi connectivity index (χ1) is 21.6. The van der Waals surface area contributed by atoms with E-state index in [0.29, 0.717) is 11.5 Å². The maximum Gasteiger partial charge on any atom is 0.573 e. The third-order valence-electron chi connectivity index (χ3n) is 7.52. The molecule has 2 unspecified atom stereocenters. The molecule has 0 bridgehead atoms. The summed E-state index contributed by atoms with van der Waals surface area (Å²) in [6.07, 6.45) is 0.186. The number of nitrogens with zero attached hydrogens (tertiary/aromatic N) is 5. The van der Waals surface area contributed by atoms with E-state index >= 15 is 0 Å². The van der Waals surface area contributed by atoms with Gasteiger partial charge in [0.15, 0.2) is 11.0 Å². The van der Waals surface area contributed by atoms with E-state index in [2.05, 4.69) is 56.0 Å². The number of carbonyl (C=O) groups excluding carboxylic acids is 1. The molecular formula is C33H35F3N6O2S. The van der Waals surface area contributed by atoms with Gasteiger partial charge in [-0.15, -0.1) is 18.3 Å². The fourth-order valence-electron chi connectivity index (χ4n) is 5.11. The maximum atomic E-state index is 12.9. The number of rotatable bonds is 9. The van der Waals surface area contributed by atoms with Crippen molar-refractivity contribution in [3.05, 3.63) is 90.3 Å². The Bertz CT molecular complexity index is 1620. The number of aliphatic imine (C=N–C) groups is 1. The summed E-state index contributed by atoms with van der Waals surface area (Å²) in [7, 11) is 0. The minimum Gasteiger partial charge on any atom is -0.406 e. The van der Waals surface area contributed by atoms with Crippen LogP contribution in [0, 0.1) is 0 Å². The van der Waals surface area contributed by atoms with Crippen molar-refractivity contribution in [3.8, 4) is 22.8 Å². The predicted molar refractivity (Wildman–Crippen MR) is 172 cm³/mol. The van der Waals surface area contributed by atoms with Crippen molar-refractivity contribution < 1.29 is 22.7 Å². The Labute approximate surface area is 264 Å². The molecule has 1 saturated heterocycles. The van der Waals surface area contributed by atoms with Crippen LogP contribution in [0.2, 0.25) is 0 Å². The van der Waals surface area contributed by atoms with Crippen LogP contribution in [0.3, 0.4) is 0 Å². The summed E-state index contributed by atoms with van der Waals surface area (Å²) in [6.45, 7) is 6.29. The lowest BCUT2D eigenvalue weighted by Gasteiger charge is -2.36. The van der Waals surface area contributed by atoms with E-state index in [0.717, 1.165) is 53.4 Å². The second-order valence-corrected chi connectivity index (χ2v) is 11.9. The summed E-state index contributed by atoms with van der Waals surface area (Å²) in [4.78, 5) is 24.0. The molecule has 0 radical (unpaired) electrons. The van der Waals surface area contributed by atoms with Crippen molar-refractivity contribution >= 4 is 28.6 Å². The Morgan fingerprint density at radius 3 is 2.56 bits per heavy atom. The Hall–Kier alpha value is -4.32. The molecule has 5 rings (SSSR count). The van der Waals surface area contributed by atoms with Crippen molar-refractivity contribution in [1.29, 1.82) is 0 Å². The third-order valence-corrected chi connectivity index (χ3v) is 8.50. The number of anilines is 1. The number of aryl methyl sites for hydroxylation is 2. The van der Waals surface area contributed by atoms with Gasteiger partial charge in [0.1, 0.15) is 12.1 Å². The van der Waals surface area contributed by atoms with Crippen molar-refractivity contribution in [2.75, 3.05) is 10.7 Å². The smallest absolute Gasteiger partial charge is 0.406 e. The lowest BCUT2D eigenvalue weighted by Crippen LogP contribution is -2.43. The number of benzene rings is 3. The number of thioether (sulfide) groups is 1. The first kappa shape index (κ1) is 32.1. The van der Waals surface area contributed by atoms with Gasteiger partial charge in [-0.25, -0.2) is 14.5 Å². The van der Waals surface area contributed by atoms with Gasteiger partial charge in [-0.05, 0) is 81.0 Å². The minimum atomic E-state index is -4.74. The van der Waals surface area contributed by atoms with Gasteiger partial charge >= 0.3 is 12.4 Å². The Kier molecular flexibility index (Phi) is 10.1. The third kappa shape index (κ3) is 8.44. The zero-order valence-corrected chi connectivity index (χ0v) is 26.1. The topological polar surface area (TPSA) is 84.6 Å². The number of amidine groups is 1. The molecular weight excluding hydrogens is 601 g/mol. The number of carbonyl (C=O) groups is 1. The summed E-state index contributed by atoms with van der Waals surface area (Å²) < 4.78 is 42.7. The molecule has 0 saturated carbocycles. The van der Waals surface area contributed by atoms with Gasteiger partial charge in [0.05, 0.1) is 5.69 Å². The number of halogens is 3. The molecule has 12 heteroatoms. The highest BCUT2D eigenvalue weighted by molar-refractivity contribution is 8.14. The first-order valence-electron chi connectivity index (χ1n) is 14.9. The standard InChI is InChI=1S/C33H35F3N6O2S/c1-4-25-7-5-6-8-29(25)42-23(3)19-20-45-32(42)39-31(43)38-22(2)9-10-24-11-13-26(14-12-24)30-37-21-41(40-30)27-15-17-28(18-16-27)44-33(34,35)36/h5-8,11-18,21-23H,4,9-10,19-20H2,1-3H3,(H,38,43)/b39-32-. The highest BCUT2D eigenvalue weighted by atomic mass is 32.2. The highest BCUT2D eigenvalue weighted by Crippen LogP contribution is 2.32. The summed E-state index contributed by atoms with van der Waals surface area (Å²) in [5.74, 6) is 1.11. The number of nitrogens with one attached hydrogen (secondary N) is 1. The average molecular weight is 637 g/mol. The van der Waals surface area contributed by atoms with Crippen LogP contribution in [0.15, 0.2) is 84.1 Å². The Morgan fingerprint density at radius 1 is 1.11 bits per heavy atom. The quantitative estimate of drug-likeness (QED) is 0.202. The summed E-state index contributed by atoms with van der Waals surface area (Å²) in [6, 6.07) is 21.4. The van der Waals surface area contributed by atoms with E-state index in [4.69, 9.17) is 0 Å². The second-order valence-electron chi connectivity index (χ2n) is 10.9. The maximum absolute atomic E-state index is 12.9. The molecule has 0 aliphatic carbocycles. The van der Waals surface area contributed by atoms with E-state index in [1.54, 1.807) is 11.8 Å². The number of hydrogen-bond donors (Lipinski definition) is 1. The number of amides is 2. The number of alkyl halides is 3. The van der Waals surface area contributed by atoms with Crippen molar-refractivity contribution in [1.82, 2.24) is 20.1 Å². The van der Waals surface area contributed by atoms with Crippen LogP contribution in [0.1, 0.15) is 44.7 Å². The Morgan fingerprint density at radius 2 is 1.84 bits per heavy atom. The van der Waals surface area contributed by atoms with Crippen molar-refractivity contribution in [2.24, 2.45) is 4.99 Å². The van der Waals surface area contributed by atoms with Crippen molar-refractivity contribution in [2.45, 2.75) is 64.9 Å². The number of para-hydroxylation sites is 1. The number of hydrogen-bond acceptors (Lipinski definition) is 5. The lowest BCUT2D eigenvalue weighted by atomic mass is 10.0. The Balaban J connectivity index is 1.15. The van der Waals surface area contributed by atoms with Crippen LogP contribution in [0.5, 0.6) is 5.75 Å². The zero-order valence-electron chi connectivity index (χ0n) is 25.3. The van der Waals surface area contributed by atoms with Gasteiger partial charge in [-0.3, -0.25) is 0 Å². The van der Waals surface area contributed by atoms with Crippen LogP contribution in [0.25, 0.3) is 17.1 Å². The van der Waals surface area contributed by atoms with Crippen LogP contribution in [-0.2, 0) is 12.8 Å². The molecule has 2 amide bonds. The molecule has 1 aromatic heterocycles. The molecule has 1 N–H and O–H groups in total. The molecule has 1 aliphatic rings. The number of ether oxygens (including phenoxy) is 1. The highest BCUT2D eigenvalue weighted by Gasteiger charge is 2.31. The lowest BCUT2D eigenvalue weighted by molar-refractivity contribution is -0.274. The van der Waals surface area contributed by atoms with Crippen LogP contribution in [-0.4, -0.2) is 50.2 Å². The van der Waals surface area contributed by atoms with Gasteiger partial charge in [-0.2, -0.15) is 4.99 Å². The van der Waals surface area contributed by atoms with Gasteiger partial charge in [0.25, 0.3) is 0 Å². The van der Waals surface area contributed by atoms with E-state index in [1.807, 2.05) is 43.3 Å². The molecule has 1 aliphatic heterocycles. The molecule has 0 spiro atoms. The summed E-state index contributed by atoms with van der Waals surface area (Å²) in [5, 5.41) is 8.22. The van der Waals surface area contributed by atoms with Crippen LogP contribution >= 0.6 is 11.8 Å². The average Bonchev–Trinajstić information content (AvgIpc) is 3.50. The molecule has 1 fully saturated rings. The van der Waals surface area contributed by atoms with Gasteiger partial charge in [0, 0.05) is 29.1 Å². The van der Waals surface area contributed by atoms with Crippen molar-refractivity contribution in [3.63, 3.8) is 0 Å². The van der Waals surface area contributed by atoms with E-state index in [9.17, 15) is 18.0 Å². The summed E-state index contributed by atoms with van der Waals surface area (Å²) >= 11 is 1.62. The monoisotopic (exact) mass is 636 g/mol. The molecule has 8 nitrogen and oxygen atoms in total. The largest absolute Gasteiger partial charge is 0.573 e. The van der Waals surface area contributed by atoms with E-state index < -0.39 is 6.36 Å². The molecule has 3 aromatic carbocycles. The molecule has 45 heavy (non-hydrogen) atoms. The van der Waals surface area contributed by atoms with Gasteiger partial charge in [0.2, 0.25) is 0 Å². The van der Waals surface area contributed by atoms with Crippen LogP contribution < -0.4 is 15.0 Å². The van der Waals surface area contributed by atoms with Crippen LogP contribution in [0.4, 0.5) is 23.7 Å². The van der Waals surface area contributed by atoms with E-state index in [-0.39, 0.29) is 23.9 Å². The van der Waals surface area contributed by atoms with Gasteiger partial charge in [-0.1, -0.05) is 61.2 Å². The fraction of sp³-hybridized carbons (Fsp3) is 0.333. The summed E-state index contributed by atoms with van der Waals surface area (Å²) in [5.41, 5.74) is 4.80. The van der Waals surface area contributed by atoms with Gasteiger partial charge < -0.3 is 15.0 Å². The normalized spacial score (nSPS) is 16.9. The molecule has 4 aromatic rings. The molecule has 2 atom stereocenters. The zero-order chi connectivity index (χ0) is 32.0.